The molecule has 0 saturated carbocycles. The number of rotatable bonds is 2. The third-order valence-corrected chi connectivity index (χ3v) is 4.08. The number of ether oxygens (including phenoxy) is 2. The highest BCUT2D eigenvalue weighted by molar-refractivity contribution is 9.10. The van der Waals surface area contributed by atoms with Gasteiger partial charge in [0.2, 0.25) is 0 Å². The van der Waals surface area contributed by atoms with Gasteiger partial charge in [0, 0.05) is 11.1 Å². The molecule has 0 amide bonds. The van der Waals surface area contributed by atoms with Crippen LogP contribution in [0, 0.1) is 10.1 Å². The predicted octanol–water partition coefficient (Wildman–Crippen LogP) is 5.10. The minimum Gasteiger partial charge on any atom is -0.437 e. The molecule has 6 nitrogen and oxygen atoms in total. The monoisotopic (exact) mass is 387 g/mol. The molecule has 0 bridgehead atoms. The van der Waals surface area contributed by atoms with E-state index < -0.39 is 16.5 Å². The highest BCUT2D eigenvalue weighted by Crippen LogP contribution is 2.47. The number of benzene rings is 1. The molecule has 0 aliphatic heterocycles. The fraction of sp³-hybridized carbons (Fsp3) is 0.562. The lowest BCUT2D eigenvalue weighted by Crippen LogP contribution is -2.21. The highest BCUT2D eigenvalue weighted by Gasteiger charge is 2.35. The van der Waals surface area contributed by atoms with E-state index >= 15 is 0 Å². The minimum absolute atomic E-state index is 0.107. The van der Waals surface area contributed by atoms with Crippen molar-refractivity contribution in [2.24, 2.45) is 0 Å². The Morgan fingerprint density at radius 2 is 1.61 bits per heavy atom. The Hall–Kier alpha value is -1.63. The van der Waals surface area contributed by atoms with E-state index in [2.05, 4.69) is 20.7 Å². The van der Waals surface area contributed by atoms with Gasteiger partial charge in [-0.25, -0.2) is 4.79 Å². The van der Waals surface area contributed by atoms with Gasteiger partial charge in [0.05, 0.1) is 12.0 Å². The number of nitro benzene ring substituents is 1. The van der Waals surface area contributed by atoms with Gasteiger partial charge in [-0.3, -0.25) is 10.1 Å². The smallest absolute Gasteiger partial charge is 0.437 e. The van der Waals surface area contributed by atoms with Gasteiger partial charge in [-0.1, -0.05) is 41.5 Å². The van der Waals surface area contributed by atoms with E-state index in [1.54, 1.807) is 6.07 Å². The van der Waals surface area contributed by atoms with Crippen LogP contribution in [0.2, 0.25) is 0 Å². The Balaban J connectivity index is 3.85. The number of hydrogen-bond acceptors (Lipinski definition) is 5. The highest BCUT2D eigenvalue weighted by atomic mass is 79.9. The summed E-state index contributed by atoms with van der Waals surface area (Å²) in [5.74, 6) is 0.115. The van der Waals surface area contributed by atoms with Crippen LogP contribution in [0.15, 0.2) is 10.5 Å². The van der Waals surface area contributed by atoms with Crippen LogP contribution < -0.4 is 4.74 Å². The van der Waals surface area contributed by atoms with Crippen molar-refractivity contribution in [1.29, 1.82) is 0 Å². The maximum atomic E-state index is 11.6. The van der Waals surface area contributed by atoms with E-state index in [4.69, 9.17) is 4.74 Å². The molecule has 1 aromatic rings. The second kappa shape index (κ2) is 6.47. The van der Waals surface area contributed by atoms with Crippen LogP contribution in [0.25, 0.3) is 0 Å². The molecule has 128 valence electrons. The molecule has 7 heteroatoms. The van der Waals surface area contributed by atoms with Crippen LogP contribution in [0.5, 0.6) is 5.75 Å². The van der Waals surface area contributed by atoms with Gasteiger partial charge < -0.3 is 9.47 Å². The Bertz CT molecular complexity index is 641. The number of carbonyl (C=O) groups excluding carboxylic acids is 1. The molecule has 0 heterocycles. The molecule has 0 aromatic heterocycles. The lowest BCUT2D eigenvalue weighted by Gasteiger charge is -2.27. The molecule has 0 aliphatic carbocycles. The Kier molecular flexibility index (Phi) is 5.46. The Labute approximate surface area is 144 Å². The molecular weight excluding hydrogens is 366 g/mol. The van der Waals surface area contributed by atoms with Gasteiger partial charge in [0.15, 0.2) is 5.75 Å². The Morgan fingerprint density at radius 1 is 1.13 bits per heavy atom. The van der Waals surface area contributed by atoms with Crippen LogP contribution in [-0.4, -0.2) is 18.2 Å². The van der Waals surface area contributed by atoms with Gasteiger partial charge in [-0.05, 0) is 32.8 Å². The summed E-state index contributed by atoms with van der Waals surface area (Å²) in [7, 11) is 1.19. The lowest BCUT2D eigenvalue weighted by atomic mass is 9.79. The van der Waals surface area contributed by atoms with Crippen molar-refractivity contribution in [2.45, 2.75) is 52.4 Å². The first-order chi connectivity index (χ1) is 10.3. The number of carbonyl (C=O) groups is 1. The van der Waals surface area contributed by atoms with Gasteiger partial charge in [-0.15, -0.1) is 0 Å². The quantitative estimate of drug-likeness (QED) is 0.305. The van der Waals surface area contributed by atoms with E-state index in [0.717, 1.165) is 0 Å². The third kappa shape index (κ3) is 4.22. The van der Waals surface area contributed by atoms with Gasteiger partial charge in [-0.2, -0.15) is 0 Å². The first kappa shape index (κ1) is 19.4. The van der Waals surface area contributed by atoms with Crippen molar-refractivity contribution in [3.8, 4) is 5.75 Å². The molecule has 1 rings (SSSR count). The summed E-state index contributed by atoms with van der Waals surface area (Å²) in [4.78, 5) is 22.6. The van der Waals surface area contributed by atoms with Crippen molar-refractivity contribution in [3.05, 3.63) is 31.8 Å². The van der Waals surface area contributed by atoms with E-state index in [-0.39, 0.29) is 21.3 Å². The maximum Gasteiger partial charge on any atom is 0.513 e. The van der Waals surface area contributed by atoms with E-state index in [1.807, 2.05) is 41.5 Å². The minimum atomic E-state index is -0.922. The van der Waals surface area contributed by atoms with E-state index in [1.165, 1.54) is 7.11 Å². The van der Waals surface area contributed by atoms with Crippen LogP contribution in [-0.2, 0) is 15.6 Å². The second-order valence-electron chi connectivity index (χ2n) is 7.28. The number of halogens is 1. The number of methoxy groups -OCH3 is 1. The molecule has 0 aliphatic rings. The molecule has 0 unspecified atom stereocenters. The van der Waals surface area contributed by atoms with Crippen LogP contribution in [0.3, 0.4) is 0 Å². The molecular formula is C16H22BrNO5. The third-order valence-electron chi connectivity index (χ3n) is 3.35. The van der Waals surface area contributed by atoms with Crippen molar-refractivity contribution in [3.63, 3.8) is 0 Å². The molecule has 0 radical (unpaired) electrons. The molecule has 1 aromatic carbocycles. The largest absolute Gasteiger partial charge is 0.513 e. The SMILES string of the molecule is COC(=O)Oc1c(C(C)(C)C)cc(C(C)(C)C)c([N+](=O)[O-])c1Br. The number of nitrogens with zero attached hydrogens (tertiary/aromatic N) is 1. The van der Waals surface area contributed by atoms with Gasteiger partial charge in [0.25, 0.3) is 5.69 Å². The molecule has 0 atom stereocenters. The molecule has 0 N–H and O–H groups in total. The summed E-state index contributed by atoms with van der Waals surface area (Å²) in [6.07, 6.45) is -0.922. The average molecular weight is 388 g/mol. The zero-order chi connectivity index (χ0) is 18.2. The van der Waals surface area contributed by atoms with E-state index in [9.17, 15) is 14.9 Å². The van der Waals surface area contributed by atoms with Crippen molar-refractivity contribution in [2.75, 3.05) is 7.11 Å². The zero-order valence-electron chi connectivity index (χ0n) is 14.4. The maximum absolute atomic E-state index is 11.6. The van der Waals surface area contributed by atoms with Crippen molar-refractivity contribution in [1.82, 2.24) is 0 Å². The summed E-state index contributed by atoms with van der Waals surface area (Å²) in [5.41, 5.74) is 0.307. The fourth-order valence-corrected chi connectivity index (χ4v) is 2.81. The molecule has 23 heavy (non-hydrogen) atoms. The standard InChI is InChI=1S/C16H22BrNO5/c1-15(2,3)9-8-10(16(4,5)6)13(23-14(19)22-7)11(17)12(9)18(20)21/h8H,1-7H3. The number of hydrogen-bond donors (Lipinski definition) is 0. The summed E-state index contributed by atoms with van der Waals surface area (Å²) in [5, 5.41) is 11.6. The lowest BCUT2D eigenvalue weighted by molar-refractivity contribution is -0.386. The summed E-state index contributed by atoms with van der Waals surface area (Å²) in [6, 6.07) is 1.74. The first-order valence-corrected chi connectivity index (χ1v) is 7.87. The summed E-state index contributed by atoms with van der Waals surface area (Å²) >= 11 is 3.25. The normalized spacial score (nSPS) is 12.0. The fourth-order valence-electron chi connectivity index (χ4n) is 2.15. The zero-order valence-corrected chi connectivity index (χ0v) is 16.0. The van der Waals surface area contributed by atoms with Gasteiger partial charge >= 0.3 is 6.16 Å². The first-order valence-electron chi connectivity index (χ1n) is 7.08. The number of nitro groups is 1. The van der Waals surface area contributed by atoms with E-state index in [0.29, 0.717) is 11.1 Å². The second-order valence-corrected chi connectivity index (χ2v) is 8.07. The van der Waals surface area contributed by atoms with Gasteiger partial charge in [0.1, 0.15) is 4.47 Å². The molecule has 0 spiro atoms. The molecule has 0 fully saturated rings. The predicted molar refractivity (Wildman–Crippen MR) is 91.2 cm³/mol. The average Bonchev–Trinajstić information content (AvgIpc) is 2.37. The van der Waals surface area contributed by atoms with Crippen molar-refractivity contribution < 1.29 is 19.2 Å². The van der Waals surface area contributed by atoms with Crippen LogP contribution in [0.1, 0.15) is 52.7 Å². The summed E-state index contributed by atoms with van der Waals surface area (Å²) in [6.45, 7) is 11.5. The van der Waals surface area contributed by atoms with Crippen LogP contribution in [0.4, 0.5) is 10.5 Å². The molecule has 0 saturated heterocycles. The van der Waals surface area contributed by atoms with Crippen LogP contribution >= 0.6 is 15.9 Å². The topological polar surface area (TPSA) is 78.7 Å². The van der Waals surface area contributed by atoms with Crippen molar-refractivity contribution >= 4 is 27.8 Å². The summed E-state index contributed by atoms with van der Waals surface area (Å²) < 4.78 is 9.86. The Morgan fingerprint density at radius 3 is 1.96 bits per heavy atom.